The summed E-state index contributed by atoms with van der Waals surface area (Å²) in [5.74, 6) is 0. The molecule has 16 heavy (non-hydrogen) atoms. The van der Waals surface area contributed by atoms with Crippen molar-refractivity contribution in [3.63, 3.8) is 0 Å². The smallest absolute Gasteiger partial charge is 0.151 e. The van der Waals surface area contributed by atoms with Gasteiger partial charge in [-0.1, -0.05) is 18.7 Å². The van der Waals surface area contributed by atoms with Crippen molar-refractivity contribution >= 4 is 12.4 Å². The monoisotopic (exact) mass is 212 g/mol. The summed E-state index contributed by atoms with van der Waals surface area (Å²) in [4.78, 5) is 17.6. The molecule has 0 amide bonds. The van der Waals surface area contributed by atoms with E-state index in [2.05, 4.69) is 16.5 Å². The van der Waals surface area contributed by atoms with Crippen molar-refractivity contribution in [1.82, 2.24) is 9.97 Å². The van der Waals surface area contributed by atoms with E-state index in [9.17, 15) is 4.79 Å². The number of hydrogen-bond acceptors (Lipinski definition) is 3. The molecule has 0 saturated heterocycles. The number of pyridine rings is 2. The van der Waals surface area contributed by atoms with Gasteiger partial charge in [-0.3, -0.25) is 14.8 Å². The predicted molar refractivity (Wildman–Crippen MR) is 64.0 cm³/mol. The van der Waals surface area contributed by atoms with Gasteiger partial charge in [0.15, 0.2) is 6.29 Å². The van der Waals surface area contributed by atoms with Crippen LogP contribution in [-0.2, 0) is 0 Å². The maximum atomic E-state index is 9.97. The van der Waals surface area contributed by atoms with Gasteiger partial charge in [0.05, 0.1) is 0 Å². The van der Waals surface area contributed by atoms with Crippen molar-refractivity contribution in [3.05, 3.63) is 66.8 Å². The largest absolute Gasteiger partial charge is 0.298 e. The summed E-state index contributed by atoms with van der Waals surface area (Å²) in [5.41, 5.74) is 1.68. The van der Waals surface area contributed by atoms with E-state index in [0.717, 1.165) is 11.8 Å². The molecule has 0 aliphatic rings. The van der Waals surface area contributed by atoms with Crippen LogP contribution in [0.4, 0.5) is 0 Å². The van der Waals surface area contributed by atoms with Gasteiger partial charge < -0.3 is 0 Å². The lowest BCUT2D eigenvalue weighted by Crippen LogP contribution is -1.77. The van der Waals surface area contributed by atoms with E-state index in [-0.39, 0.29) is 0 Å². The van der Waals surface area contributed by atoms with Gasteiger partial charge in [0, 0.05) is 30.4 Å². The van der Waals surface area contributed by atoms with Crippen molar-refractivity contribution in [2.45, 2.75) is 0 Å². The molecule has 0 radical (unpaired) electrons. The predicted octanol–water partition coefficient (Wildman–Crippen LogP) is 2.62. The molecule has 0 atom stereocenters. The summed E-state index contributed by atoms with van der Waals surface area (Å²) in [6, 6.07) is 7.28. The summed E-state index contributed by atoms with van der Waals surface area (Å²) < 4.78 is 0. The summed E-state index contributed by atoms with van der Waals surface area (Å²) >= 11 is 0. The molecule has 0 bridgehead atoms. The Morgan fingerprint density at radius 2 is 1.56 bits per heavy atom. The van der Waals surface area contributed by atoms with Gasteiger partial charge in [0.2, 0.25) is 0 Å². The molecule has 0 saturated carbocycles. The van der Waals surface area contributed by atoms with Crippen LogP contribution < -0.4 is 0 Å². The van der Waals surface area contributed by atoms with E-state index < -0.39 is 0 Å². The minimum atomic E-state index is 0.618. The second-order valence-corrected chi connectivity index (χ2v) is 2.89. The molecule has 0 spiro atoms. The SMILES string of the molecule is C=Cc1cccnc1.O=Cc1cccnc1. The highest BCUT2D eigenvalue weighted by molar-refractivity contribution is 5.73. The summed E-state index contributed by atoms with van der Waals surface area (Å²) in [6.07, 6.45) is 9.21. The molecule has 0 fully saturated rings. The fourth-order valence-electron chi connectivity index (χ4n) is 0.942. The first kappa shape index (κ1) is 11.8. The van der Waals surface area contributed by atoms with Crippen LogP contribution >= 0.6 is 0 Å². The number of nitrogens with zero attached hydrogens (tertiary/aromatic N) is 2. The first-order valence-electron chi connectivity index (χ1n) is 4.74. The summed E-state index contributed by atoms with van der Waals surface area (Å²) in [6.45, 7) is 3.59. The average Bonchev–Trinajstić information content (AvgIpc) is 2.41. The molecular weight excluding hydrogens is 200 g/mol. The van der Waals surface area contributed by atoms with Gasteiger partial charge in [-0.15, -0.1) is 0 Å². The van der Waals surface area contributed by atoms with E-state index in [0.29, 0.717) is 5.56 Å². The third-order valence-corrected chi connectivity index (χ3v) is 1.74. The van der Waals surface area contributed by atoms with Crippen LogP contribution in [0.1, 0.15) is 15.9 Å². The fourth-order valence-corrected chi connectivity index (χ4v) is 0.942. The summed E-state index contributed by atoms with van der Waals surface area (Å²) in [5, 5.41) is 0. The van der Waals surface area contributed by atoms with E-state index in [4.69, 9.17) is 0 Å². The van der Waals surface area contributed by atoms with Crippen molar-refractivity contribution in [1.29, 1.82) is 0 Å². The molecule has 0 aliphatic carbocycles. The lowest BCUT2D eigenvalue weighted by atomic mass is 10.3. The molecule has 2 heterocycles. The van der Waals surface area contributed by atoms with Gasteiger partial charge in [-0.25, -0.2) is 0 Å². The Labute approximate surface area is 94.5 Å². The first-order valence-corrected chi connectivity index (χ1v) is 4.74. The van der Waals surface area contributed by atoms with Gasteiger partial charge in [-0.05, 0) is 23.8 Å². The standard InChI is InChI=1S/C7H7N.C6H5NO/c1-2-7-4-3-5-8-6-7;8-5-6-2-1-3-7-4-6/h2-6H,1H2;1-5H. The number of aromatic nitrogens is 2. The number of aldehydes is 1. The zero-order valence-corrected chi connectivity index (χ0v) is 8.78. The molecule has 80 valence electrons. The van der Waals surface area contributed by atoms with E-state index >= 15 is 0 Å². The first-order chi connectivity index (χ1) is 7.86. The van der Waals surface area contributed by atoms with E-state index in [1.165, 1.54) is 6.20 Å². The molecule has 2 aromatic rings. The molecule has 2 rings (SSSR count). The van der Waals surface area contributed by atoms with Crippen LogP contribution in [0.2, 0.25) is 0 Å². The Balaban J connectivity index is 0.000000160. The van der Waals surface area contributed by atoms with Crippen molar-refractivity contribution in [2.24, 2.45) is 0 Å². The second-order valence-electron chi connectivity index (χ2n) is 2.89. The van der Waals surface area contributed by atoms with Crippen LogP contribution in [0.5, 0.6) is 0 Å². The second kappa shape index (κ2) is 7.06. The zero-order valence-electron chi connectivity index (χ0n) is 8.78. The Bertz CT molecular complexity index is 383. The Hall–Kier alpha value is -2.29. The van der Waals surface area contributed by atoms with Gasteiger partial charge in [0.1, 0.15) is 0 Å². The quantitative estimate of drug-likeness (QED) is 0.718. The third kappa shape index (κ3) is 4.28. The molecule has 0 aliphatic heterocycles. The normalized spacial score (nSPS) is 8.50. The molecular formula is C13H12N2O. The lowest BCUT2D eigenvalue weighted by molar-refractivity contribution is 0.112. The molecule has 0 aromatic carbocycles. The maximum Gasteiger partial charge on any atom is 0.151 e. The molecule has 0 N–H and O–H groups in total. The highest BCUT2D eigenvalue weighted by Crippen LogP contribution is 1.94. The van der Waals surface area contributed by atoms with Gasteiger partial charge in [0.25, 0.3) is 0 Å². The number of carbonyl (C=O) groups excluding carboxylic acids is 1. The van der Waals surface area contributed by atoms with Crippen LogP contribution in [0.25, 0.3) is 6.08 Å². The average molecular weight is 212 g/mol. The van der Waals surface area contributed by atoms with Crippen LogP contribution in [0.3, 0.4) is 0 Å². The van der Waals surface area contributed by atoms with Crippen molar-refractivity contribution in [2.75, 3.05) is 0 Å². The Morgan fingerprint density at radius 1 is 1.00 bits per heavy atom. The van der Waals surface area contributed by atoms with E-state index in [1.807, 2.05) is 12.1 Å². The zero-order chi connectivity index (χ0) is 11.6. The maximum absolute atomic E-state index is 9.97. The van der Waals surface area contributed by atoms with Crippen molar-refractivity contribution < 1.29 is 4.79 Å². The molecule has 2 aromatic heterocycles. The van der Waals surface area contributed by atoms with Gasteiger partial charge in [-0.2, -0.15) is 0 Å². The van der Waals surface area contributed by atoms with Crippen molar-refractivity contribution in [3.8, 4) is 0 Å². The highest BCUT2D eigenvalue weighted by atomic mass is 16.1. The highest BCUT2D eigenvalue weighted by Gasteiger charge is 1.81. The third-order valence-electron chi connectivity index (χ3n) is 1.74. The fraction of sp³-hybridized carbons (Fsp3) is 0. The van der Waals surface area contributed by atoms with Crippen LogP contribution in [-0.4, -0.2) is 16.3 Å². The number of carbonyl (C=O) groups is 1. The number of rotatable bonds is 2. The van der Waals surface area contributed by atoms with E-state index in [1.54, 1.807) is 36.8 Å². The molecule has 3 heteroatoms. The Kier molecular flexibility index (Phi) is 5.20. The summed E-state index contributed by atoms with van der Waals surface area (Å²) in [7, 11) is 0. The lowest BCUT2D eigenvalue weighted by Gasteiger charge is -1.84. The van der Waals surface area contributed by atoms with Crippen LogP contribution in [0, 0.1) is 0 Å². The minimum Gasteiger partial charge on any atom is -0.298 e. The topological polar surface area (TPSA) is 42.9 Å². The minimum absolute atomic E-state index is 0.618. The Morgan fingerprint density at radius 3 is 1.81 bits per heavy atom. The molecule has 3 nitrogen and oxygen atoms in total. The van der Waals surface area contributed by atoms with Gasteiger partial charge >= 0.3 is 0 Å². The molecule has 0 unspecified atom stereocenters. The van der Waals surface area contributed by atoms with Crippen LogP contribution in [0.15, 0.2) is 55.6 Å². The number of hydrogen-bond donors (Lipinski definition) is 0.